The lowest BCUT2D eigenvalue weighted by atomic mass is 10.1. The molecule has 0 aliphatic carbocycles. The normalized spacial score (nSPS) is 11.3. The molecule has 1 amide bonds. The molecule has 26 heavy (non-hydrogen) atoms. The van der Waals surface area contributed by atoms with Gasteiger partial charge in [-0.1, -0.05) is 31.2 Å². The molecule has 0 bridgehead atoms. The Hall–Kier alpha value is -2.81. The van der Waals surface area contributed by atoms with Gasteiger partial charge in [0.05, 0.1) is 0 Å². The molecule has 0 spiro atoms. The molecule has 0 aliphatic heterocycles. The largest absolute Gasteiger partial charge is 0.444 e. The first-order valence-corrected chi connectivity index (χ1v) is 8.78. The Balaban J connectivity index is 2.48. The molecule has 0 saturated heterocycles. The molecule has 1 aromatic heterocycles. The zero-order valence-corrected chi connectivity index (χ0v) is 16.3. The number of anilines is 1. The Labute approximate surface area is 154 Å². The second-order valence-corrected chi connectivity index (χ2v) is 7.40. The number of hydrogen-bond acceptors (Lipinski definition) is 4. The fourth-order valence-electron chi connectivity index (χ4n) is 2.53. The van der Waals surface area contributed by atoms with Crippen molar-refractivity contribution in [2.24, 2.45) is 0 Å². The number of amides is 1. The van der Waals surface area contributed by atoms with Gasteiger partial charge in [-0.3, -0.25) is 5.32 Å². The number of carbonyl (C=O) groups is 1. The van der Waals surface area contributed by atoms with Crippen LogP contribution in [0.2, 0.25) is 0 Å². The number of rotatable bonds is 4. The first-order chi connectivity index (χ1) is 12.2. The summed E-state index contributed by atoms with van der Waals surface area (Å²) in [6.45, 7) is 11.3. The lowest BCUT2D eigenvalue weighted by Crippen LogP contribution is -2.28. The average molecular weight is 354 g/mol. The summed E-state index contributed by atoms with van der Waals surface area (Å²) in [5, 5.41) is 17.0. The van der Waals surface area contributed by atoms with E-state index in [0.29, 0.717) is 17.1 Å². The lowest BCUT2D eigenvalue weighted by molar-refractivity contribution is 0.0634. The molecular formula is C20H26N4O2. The minimum Gasteiger partial charge on any atom is -0.444 e. The number of nitrogens with one attached hydrogen (secondary N) is 1. The van der Waals surface area contributed by atoms with Crippen LogP contribution < -0.4 is 5.32 Å². The van der Waals surface area contributed by atoms with Gasteiger partial charge in [-0.05, 0) is 46.6 Å². The predicted molar refractivity (Wildman–Crippen MR) is 102 cm³/mol. The smallest absolute Gasteiger partial charge is 0.413 e. The number of aromatic nitrogens is 2. The van der Waals surface area contributed by atoms with Crippen LogP contribution in [0.4, 0.5) is 10.6 Å². The zero-order chi connectivity index (χ0) is 19.5. The van der Waals surface area contributed by atoms with Crippen LogP contribution in [0.5, 0.6) is 0 Å². The van der Waals surface area contributed by atoms with Gasteiger partial charge in [0.15, 0.2) is 5.82 Å². The molecule has 1 aromatic carbocycles. The number of nitrogens with zero attached hydrogens (tertiary/aromatic N) is 3. The number of nitriles is 1. The molecule has 0 atom stereocenters. The second kappa shape index (κ2) is 7.61. The molecule has 1 heterocycles. The van der Waals surface area contributed by atoms with Gasteiger partial charge in [0, 0.05) is 11.6 Å². The van der Waals surface area contributed by atoms with Crippen molar-refractivity contribution in [2.75, 3.05) is 5.32 Å². The van der Waals surface area contributed by atoms with E-state index in [2.05, 4.69) is 23.4 Å². The maximum absolute atomic E-state index is 12.2. The van der Waals surface area contributed by atoms with Gasteiger partial charge in [0.1, 0.15) is 22.9 Å². The summed E-state index contributed by atoms with van der Waals surface area (Å²) in [6.07, 6.45) is 0.334. The third-order valence-electron chi connectivity index (χ3n) is 3.77. The highest BCUT2D eigenvalue weighted by Crippen LogP contribution is 2.31. The van der Waals surface area contributed by atoms with Crippen LogP contribution in [0.15, 0.2) is 24.3 Å². The van der Waals surface area contributed by atoms with Crippen molar-refractivity contribution in [3.8, 4) is 17.3 Å². The van der Waals surface area contributed by atoms with Crippen LogP contribution in [0, 0.1) is 11.3 Å². The van der Waals surface area contributed by atoms with Crippen molar-refractivity contribution in [3.63, 3.8) is 0 Å². The van der Waals surface area contributed by atoms with Crippen molar-refractivity contribution < 1.29 is 9.53 Å². The van der Waals surface area contributed by atoms with Gasteiger partial charge in [-0.15, -0.1) is 0 Å². The molecule has 0 aliphatic rings. The van der Waals surface area contributed by atoms with Crippen LogP contribution >= 0.6 is 0 Å². The fraction of sp³-hybridized carbons (Fsp3) is 0.450. The van der Waals surface area contributed by atoms with E-state index in [1.54, 1.807) is 25.5 Å². The van der Waals surface area contributed by atoms with Gasteiger partial charge in [0.2, 0.25) is 0 Å². The summed E-state index contributed by atoms with van der Waals surface area (Å²) >= 11 is 0. The average Bonchev–Trinajstić information content (AvgIpc) is 2.91. The molecule has 6 heteroatoms. The van der Waals surface area contributed by atoms with E-state index in [1.807, 2.05) is 38.1 Å². The third-order valence-corrected chi connectivity index (χ3v) is 3.77. The van der Waals surface area contributed by atoms with Crippen molar-refractivity contribution >= 4 is 11.9 Å². The number of hydrogen-bond donors (Lipinski definition) is 1. The van der Waals surface area contributed by atoms with Gasteiger partial charge in [0.25, 0.3) is 0 Å². The number of ether oxygens (including phenoxy) is 1. The molecule has 0 saturated carbocycles. The van der Waals surface area contributed by atoms with Gasteiger partial charge >= 0.3 is 6.09 Å². The van der Waals surface area contributed by atoms with Gasteiger partial charge < -0.3 is 4.74 Å². The van der Waals surface area contributed by atoms with Crippen LogP contribution in [-0.4, -0.2) is 21.5 Å². The summed E-state index contributed by atoms with van der Waals surface area (Å²) in [5.74, 6) is 0.353. The summed E-state index contributed by atoms with van der Waals surface area (Å²) in [5.41, 5.74) is 2.30. The van der Waals surface area contributed by atoms with E-state index in [1.165, 1.54) is 5.56 Å². The summed E-state index contributed by atoms with van der Waals surface area (Å²) < 4.78 is 6.96. The highest BCUT2D eigenvalue weighted by Gasteiger charge is 2.24. The zero-order valence-electron chi connectivity index (χ0n) is 16.3. The molecular weight excluding hydrogens is 328 g/mol. The van der Waals surface area contributed by atoms with Crippen molar-refractivity contribution in [1.82, 2.24) is 9.78 Å². The minimum atomic E-state index is -0.627. The maximum Gasteiger partial charge on any atom is 0.413 e. The van der Waals surface area contributed by atoms with Gasteiger partial charge in [-0.2, -0.15) is 10.4 Å². The highest BCUT2D eigenvalue weighted by molar-refractivity contribution is 5.88. The summed E-state index contributed by atoms with van der Waals surface area (Å²) in [7, 11) is 0. The Morgan fingerprint density at radius 2 is 1.92 bits per heavy atom. The molecule has 0 unspecified atom stereocenters. The van der Waals surface area contributed by atoms with Gasteiger partial charge in [-0.25, -0.2) is 9.48 Å². The van der Waals surface area contributed by atoms with E-state index in [-0.39, 0.29) is 6.04 Å². The van der Waals surface area contributed by atoms with Crippen molar-refractivity contribution in [2.45, 2.75) is 59.6 Å². The lowest BCUT2D eigenvalue weighted by Gasteiger charge is -2.20. The Kier molecular flexibility index (Phi) is 5.71. The molecule has 6 nitrogen and oxygen atoms in total. The molecule has 0 radical (unpaired) electrons. The van der Waals surface area contributed by atoms with Crippen LogP contribution in [0.25, 0.3) is 11.3 Å². The Morgan fingerprint density at radius 1 is 1.31 bits per heavy atom. The second-order valence-electron chi connectivity index (χ2n) is 7.40. The molecule has 0 fully saturated rings. The van der Waals surface area contributed by atoms with Crippen LogP contribution in [0.3, 0.4) is 0 Å². The van der Waals surface area contributed by atoms with Crippen LogP contribution in [-0.2, 0) is 11.2 Å². The quantitative estimate of drug-likeness (QED) is 0.846. The molecule has 2 rings (SSSR count). The Bertz CT molecular complexity index is 821. The topological polar surface area (TPSA) is 79.9 Å². The predicted octanol–water partition coefficient (Wildman–Crippen LogP) is 4.91. The van der Waals surface area contributed by atoms with E-state index in [9.17, 15) is 10.1 Å². The molecule has 2 aromatic rings. The first kappa shape index (κ1) is 19.5. The standard InChI is InChI=1S/C20H26N4O2/c1-7-14-8-10-15(11-9-14)17-16(12-21)18(24(23-17)13(2)3)22-19(25)26-20(4,5)6/h8-11,13H,7H2,1-6H3,(H,22,25). The first-order valence-electron chi connectivity index (χ1n) is 8.78. The van der Waals surface area contributed by atoms with E-state index < -0.39 is 11.7 Å². The minimum absolute atomic E-state index is 0.0318. The highest BCUT2D eigenvalue weighted by atomic mass is 16.6. The molecule has 1 N–H and O–H groups in total. The Morgan fingerprint density at radius 3 is 2.38 bits per heavy atom. The molecule has 138 valence electrons. The fourth-order valence-corrected chi connectivity index (χ4v) is 2.53. The third kappa shape index (κ3) is 4.42. The van der Waals surface area contributed by atoms with E-state index in [4.69, 9.17) is 4.74 Å². The SMILES string of the molecule is CCc1ccc(-c2nn(C(C)C)c(NC(=O)OC(C)(C)C)c2C#N)cc1. The number of carbonyl (C=O) groups excluding carboxylic acids is 1. The number of benzene rings is 1. The summed E-state index contributed by atoms with van der Waals surface area (Å²) in [4.78, 5) is 12.2. The monoisotopic (exact) mass is 354 g/mol. The van der Waals surface area contributed by atoms with Crippen LogP contribution in [0.1, 0.15) is 58.7 Å². The maximum atomic E-state index is 12.2. The van der Waals surface area contributed by atoms with Crippen molar-refractivity contribution in [3.05, 3.63) is 35.4 Å². The van der Waals surface area contributed by atoms with E-state index >= 15 is 0 Å². The van der Waals surface area contributed by atoms with Crippen molar-refractivity contribution in [1.29, 1.82) is 5.26 Å². The van der Waals surface area contributed by atoms with E-state index in [0.717, 1.165) is 12.0 Å². The summed E-state index contributed by atoms with van der Waals surface area (Å²) in [6, 6.07) is 10.1. The number of aryl methyl sites for hydroxylation is 1.